The summed E-state index contributed by atoms with van der Waals surface area (Å²) in [6.07, 6.45) is 7.00. The van der Waals surface area contributed by atoms with Crippen molar-refractivity contribution in [3.63, 3.8) is 0 Å². The van der Waals surface area contributed by atoms with Crippen molar-refractivity contribution in [2.75, 3.05) is 59.5 Å². The molecule has 3 fully saturated rings. The maximum absolute atomic E-state index is 14.2. The quantitative estimate of drug-likeness (QED) is 0.231. The van der Waals surface area contributed by atoms with E-state index < -0.39 is 17.5 Å². The lowest BCUT2D eigenvalue weighted by molar-refractivity contribution is -0.142. The molecule has 3 saturated heterocycles. The molecule has 2 N–H and O–H groups in total. The van der Waals surface area contributed by atoms with Crippen molar-refractivity contribution in [2.24, 2.45) is 11.3 Å². The molecule has 4 amide bonds. The lowest BCUT2D eigenvalue weighted by Crippen LogP contribution is -2.60. The molecule has 4 atom stereocenters. The van der Waals surface area contributed by atoms with E-state index in [-0.39, 0.29) is 47.7 Å². The van der Waals surface area contributed by atoms with E-state index in [0.29, 0.717) is 25.1 Å². The lowest BCUT2D eigenvalue weighted by Gasteiger charge is -2.41. The standard InChI is InChI=1S/C36H64N6O5/c1-25(2)30(39(9)35(46)31(36(6,7)8)38-33(44)29-14-10-11-18-41(29)26(3)4)24-27(5)34(45)42-19-12-15-28(42)32(43)37-16-13-17-40-20-22-47-23-21-40/h24-26,28-31H,10-23H2,1-9H3,(H,37,43)(H,38,44)/b27-24+/t28-,29?,30+,31+/m0/s1. The summed E-state index contributed by atoms with van der Waals surface area (Å²) in [5.41, 5.74) is -0.00579. The Morgan fingerprint density at radius 1 is 0.915 bits per heavy atom. The molecule has 0 spiro atoms. The van der Waals surface area contributed by atoms with Crippen molar-refractivity contribution >= 4 is 23.6 Å². The molecule has 0 saturated carbocycles. The van der Waals surface area contributed by atoms with Gasteiger partial charge in [0.2, 0.25) is 23.6 Å². The Bertz CT molecular complexity index is 1100. The molecule has 11 heteroatoms. The number of piperidine rings is 1. The SMILES string of the molecule is C/C(=C\[C@H](C(C)C)N(C)C(=O)[C@@H](NC(=O)C1CCCCN1C(C)C)C(C)(C)C)C(=O)N1CCC[C@H]1C(=O)NCCCN1CCOCC1. The van der Waals surface area contributed by atoms with E-state index in [9.17, 15) is 19.2 Å². The summed E-state index contributed by atoms with van der Waals surface area (Å²) < 4.78 is 5.41. The van der Waals surface area contributed by atoms with E-state index in [0.717, 1.165) is 71.5 Å². The van der Waals surface area contributed by atoms with Crippen LogP contribution in [0.2, 0.25) is 0 Å². The first-order chi connectivity index (χ1) is 22.1. The predicted molar refractivity (Wildman–Crippen MR) is 186 cm³/mol. The summed E-state index contributed by atoms with van der Waals surface area (Å²) in [5, 5.41) is 6.20. The van der Waals surface area contributed by atoms with Crippen LogP contribution < -0.4 is 10.6 Å². The first kappa shape index (κ1) is 38.9. The molecule has 1 unspecified atom stereocenters. The number of carbonyl (C=O) groups is 4. The number of nitrogens with one attached hydrogen (secondary N) is 2. The molecule has 0 aromatic rings. The smallest absolute Gasteiger partial charge is 0.249 e. The molecule has 268 valence electrons. The van der Waals surface area contributed by atoms with Gasteiger partial charge in [-0.3, -0.25) is 29.0 Å². The highest BCUT2D eigenvalue weighted by molar-refractivity contribution is 5.97. The summed E-state index contributed by atoms with van der Waals surface area (Å²) in [4.78, 5) is 62.6. The predicted octanol–water partition coefficient (Wildman–Crippen LogP) is 3.04. The molecule has 47 heavy (non-hydrogen) atoms. The van der Waals surface area contributed by atoms with Gasteiger partial charge in [0, 0.05) is 44.8 Å². The van der Waals surface area contributed by atoms with E-state index in [4.69, 9.17) is 4.74 Å². The fourth-order valence-electron chi connectivity index (χ4n) is 7.14. The number of likely N-dealkylation sites (N-methyl/N-ethyl adjacent to an activating group) is 1. The van der Waals surface area contributed by atoms with Crippen LogP contribution in [0.3, 0.4) is 0 Å². The normalized spacial score (nSPS) is 23.1. The van der Waals surface area contributed by atoms with Crippen molar-refractivity contribution in [3.8, 4) is 0 Å². The lowest BCUT2D eigenvalue weighted by atomic mass is 9.84. The van der Waals surface area contributed by atoms with Gasteiger partial charge in [-0.15, -0.1) is 0 Å². The van der Waals surface area contributed by atoms with Gasteiger partial charge in [0.25, 0.3) is 0 Å². The van der Waals surface area contributed by atoms with Crippen LogP contribution in [0.25, 0.3) is 0 Å². The largest absolute Gasteiger partial charge is 0.379 e. The minimum Gasteiger partial charge on any atom is -0.379 e. The number of morpholine rings is 1. The topological polar surface area (TPSA) is 115 Å². The first-order valence-corrected chi connectivity index (χ1v) is 18.0. The second kappa shape index (κ2) is 17.8. The van der Waals surface area contributed by atoms with Gasteiger partial charge in [-0.25, -0.2) is 0 Å². The van der Waals surface area contributed by atoms with Crippen LogP contribution >= 0.6 is 0 Å². The summed E-state index contributed by atoms with van der Waals surface area (Å²) in [7, 11) is 1.76. The number of ether oxygens (including phenoxy) is 1. The average molecular weight is 661 g/mol. The third-order valence-corrected chi connectivity index (χ3v) is 10.0. The molecule has 3 aliphatic rings. The van der Waals surface area contributed by atoms with Crippen LogP contribution in [0, 0.1) is 11.3 Å². The number of rotatable bonds is 13. The molecular weight excluding hydrogens is 596 g/mol. The van der Waals surface area contributed by atoms with Crippen LogP contribution in [-0.4, -0.2) is 133 Å². The molecule has 11 nitrogen and oxygen atoms in total. The van der Waals surface area contributed by atoms with Crippen LogP contribution in [0.1, 0.15) is 93.9 Å². The Balaban J connectivity index is 1.67. The highest BCUT2D eigenvalue weighted by Gasteiger charge is 2.40. The molecule has 0 radical (unpaired) electrons. The van der Waals surface area contributed by atoms with E-state index in [1.165, 1.54) is 0 Å². The van der Waals surface area contributed by atoms with Gasteiger partial charge in [-0.05, 0) is 77.3 Å². The minimum absolute atomic E-state index is 0.0157. The van der Waals surface area contributed by atoms with Crippen molar-refractivity contribution < 1.29 is 23.9 Å². The Hall–Kier alpha value is -2.50. The number of carbonyl (C=O) groups excluding carboxylic acids is 4. The van der Waals surface area contributed by atoms with Crippen molar-refractivity contribution in [3.05, 3.63) is 11.6 Å². The van der Waals surface area contributed by atoms with Crippen LogP contribution in [0.15, 0.2) is 11.6 Å². The van der Waals surface area contributed by atoms with E-state index in [1.54, 1.807) is 23.8 Å². The van der Waals surface area contributed by atoms with Crippen LogP contribution in [-0.2, 0) is 23.9 Å². The number of likely N-dealkylation sites (tertiary alicyclic amines) is 2. The van der Waals surface area contributed by atoms with E-state index in [2.05, 4.69) is 34.3 Å². The van der Waals surface area contributed by atoms with Gasteiger partial charge < -0.3 is 25.2 Å². The number of hydrogen-bond donors (Lipinski definition) is 2. The molecule has 3 aliphatic heterocycles. The Morgan fingerprint density at radius 3 is 2.19 bits per heavy atom. The molecule has 0 bridgehead atoms. The second-order valence-corrected chi connectivity index (χ2v) is 15.4. The Morgan fingerprint density at radius 2 is 1.57 bits per heavy atom. The maximum atomic E-state index is 14.2. The molecule has 3 heterocycles. The molecular formula is C36H64N6O5. The summed E-state index contributed by atoms with van der Waals surface area (Å²) in [6.45, 7) is 22.2. The third kappa shape index (κ3) is 10.7. The second-order valence-electron chi connectivity index (χ2n) is 15.4. The van der Waals surface area contributed by atoms with Gasteiger partial charge in [0.1, 0.15) is 12.1 Å². The first-order valence-electron chi connectivity index (χ1n) is 18.0. The van der Waals surface area contributed by atoms with E-state index in [1.807, 2.05) is 40.7 Å². The highest BCUT2D eigenvalue weighted by atomic mass is 16.5. The van der Waals surface area contributed by atoms with Crippen molar-refractivity contribution in [1.29, 1.82) is 0 Å². The zero-order chi connectivity index (χ0) is 34.9. The van der Waals surface area contributed by atoms with Gasteiger partial charge in [0.05, 0.1) is 25.3 Å². The zero-order valence-electron chi connectivity index (χ0n) is 30.8. The molecule has 0 aromatic carbocycles. The number of nitrogens with zero attached hydrogens (tertiary/aromatic N) is 4. The average Bonchev–Trinajstić information content (AvgIpc) is 3.53. The highest BCUT2D eigenvalue weighted by Crippen LogP contribution is 2.27. The Labute approximate surface area is 284 Å². The summed E-state index contributed by atoms with van der Waals surface area (Å²) in [6, 6.07) is -1.59. The van der Waals surface area contributed by atoms with Crippen molar-refractivity contribution in [1.82, 2.24) is 30.2 Å². The third-order valence-electron chi connectivity index (χ3n) is 10.0. The molecule has 3 rings (SSSR count). The number of amides is 4. The van der Waals surface area contributed by atoms with Crippen molar-refractivity contribution in [2.45, 2.75) is 124 Å². The summed E-state index contributed by atoms with van der Waals surface area (Å²) >= 11 is 0. The van der Waals surface area contributed by atoms with Gasteiger partial charge in [-0.2, -0.15) is 0 Å². The Kier molecular flexibility index (Phi) is 14.7. The van der Waals surface area contributed by atoms with Gasteiger partial charge in [-0.1, -0.05) is 47.1 Å². The molecule has 0 aromatic heterocycles. The van der Waals surface area contributed by atoms with E-state index >= 15 is 0 Å². The number of hydrogen-bond acceptors (Lipinski definition) is 7. The minimum atomic E-state index is -0.725. The fraction of sp³-hybridized carbons (Fsp3) is 0.833. The zero-order valence-corrected chi connectivity index (χ0v) is 30.8. The van der Waals surface area contributed by atoms with Gasteiger partial charge in [0.15, 0.2) is 0 Å². The van der Waals surface area contributed by atoms with Crippen LogP contribution in [0.4, 0.5) is 0 Å². The van der Waals surface area contributed by atoms with Crippen LogP contribution in [0.5, 0.6) is 0 Å². The maximum Gasteiger partial charge on any atom is 0.249 e. The van der Waals surface area contributed by atoms with Gasteiger partial charge >= 0.3 is 0 Å². The fourth-order valence-corrected chi connectivity index (χ4v) is 7.14. The summed E-state index contributed by atoms with van der Waals surface area (Å²) in [5.74, 6) is -0.529. The molecule has 0 aliphatic carbocycles. The monoisotopic (exact) mass is 660 g/mol.